The number of hydrogen-bond acceptors (Lipinski definition) is 3. The molecule has 1 aliphatic rings. The molecule has 74 valence electrons. The van der Waals surface area contributed by atoms with Gasteiger partial charge in [0.05, 0.1) is 19.3 Å². The van der Waals surface area contributed by atoms with Crippen LogP contribution in [-0.4, -0.2) is 37.7 Å². The first-order valence-corrected chi connectivity index (χ1v) is 5.00. The normalized spacial score (nSPS) is 25.1. The highest BCUT2D eigenvalue weighted by molar-refractivity contribution is 4.72. The van der Waals surface area contributed by atoms with Crippen molar-refractivity contribution in [3.05, 3.63) is 0 Å². The van der Waals surface area contributed by atoms with Crippen molar-refractivity contribution in [2.24, 2.45) is 5.92 Å². The second-order valence-electron chi connectivity index (χ2n) is 3.74. The van der Waals surface area contributed by atoms with E-state index < -0.39 is 0 Å². The highest BCUT2D eigenvalue weighted by Gasteiger charge is 2.13. The minimum absolute atomic E-state index is 0.629. The number of rotatable bonds is 3. The van der Waals surface area contributed by atoms with Crippen LogP contribution in [0.4, 0.5) is 0 Å². The molecule has 1 saturated heterocycles. The molecule has 3 heteroatoms. The number of ether oxygens (including phenoxy) is 1. The maximum atomic E-state index is 8.41. The SMILES string of the molecule is CC1COCCN(CCCC#N)C1. The fraction of sp³-hybridized carbons (Fsp3) is 0.900. The van der Waals surface area contributed by atoms with Crippen molar-refractivity contribution in [3.8, 4) is 6.07 Å². The molecule has 1 rings (SSSR count). The summed E-state index contributed by atoms with van der Waals surface area (Å²) in [5, 5.41) is 8.41. The van der Waals surface area contributed by atoms with E-state index in [9.17, 15) is 0 Å². The van der Waals surface area contributed by atoms with Gasteiger partial charge in [0.15, 0.2) is 0 Å². The third-order valence-corrected chi connectivity index (χ3v) is 2.29. The van der Waals surface area contributed by atoms with Crippen LogP contribution in [-0.2, 0) is 4.74 Å². The molecule has 1 unspecified atom stereocenters. The lowest BCUT2D eigenvalue weighted by molar-refractivity contribution is 0.126. The quantitative estimate of drug-likeness (QED) is 0.616. The highest BCUT2D eigenvalue weighted by Crippen LogP contribution is 2.06. The Balaban J connectivity index is 2.19. The third-order valence-electron chi connectivity index (χ3n) is 2.29. The third kappa shape index (κ3) is 4.25. The van der Waals surface area contributed by atoms with Gasteiger partial charge in [-0.25, -0.2) is 0 Å². The van der Waals surface area contributed by atoms with Crippen LogP contribution in [0.1, 0.15) is 19.8 Å². The van der Waals surface area contributed by atoms with Crippen molar-refractivity contribution < 1.29 is 4.74 Å². The van der Waals surface area contributed by atoms with Crippen molar-refractivity contribution in [1.29, 1.82) is 5.26 Å². The lowest BCUT2D eigenvalue weighted by Crippen LogP contribution is -2.30. The van der Waals surface area contributed by atoms with E-state index in [1.165, 1.54) is 0 Å². The second-order valence-corrected chi connectivity index (χ2v) is 3.74. The molecular formula is C10H18N2O. The van der Waals surface area contributed by atoms with Gasteiger partial charge >= 0.3 is 0 Å². The molecule has 0 N–H and O–H groups in total. The molecule has 0 spiro atoms. The zero-order valence-electron chi connectivity index (χ0n) is 8.33. The smallest absolute Gasteiger partial charge is 0.0622 e. The molecule has 0 bridgehead atoms. The Bertz CT molecular complexity index is 176. The Labute approximate surface area is 80.3 Å². The van der Waals surface area contributed by atoms with E-state index in [1.807, 2.05) is 0 Å². The van der Waals surface area contributed by atoms with Crippen molar-refractivity contribution in [1.82, 2.24) is 4.90 Å². The molecular weight excluding hydrogens is 164 g/mol. The van der Waals surface area contributed by atoms with Gasteiger partial charge in [-0.3, -0.25) is 0 Å². The van der Waals surface area contributed by atoms with Gasteiger partial charge in [-0.1, -0.05) is 6.92 Å². The van der Waals surface area contributed by atoms with Gasteiger partial charge < -0.3 is 9.64 Å². The van der Waals surface area contributed by atoms with Gasteiger partial charge in [-0.15, -0.1) is 0 Å². The molecule has 1 aliphatic heterocycles. The zero-order valence-corrected chi connectivity index (χ0v) is 8.33. The molecule has 0 saturated carbocycles. The highest BCUT2D eigenvalue weighted by atomic mass is 16.5. The van der Waals surface area contributed by atoms with Crippen LogP contribution >= 0.6 is 0 Å². The molecule has 0 aromatic rings. The molecule has 1 fully saturated rings. The van der Waals surface area contributed by atoms with Crippen LogP contribution in [0.2, 0.25) is 0 Å². The summed E-state index contributed by atoms with van der Waals surface area (Å²) >= 11 is 0. The average Bonchev–Trinajstić information content (AvgIpc) is 2.31. The lowest BCUT2D eigenvalue weighted by atomic mass is 10.2. The summed E-state index contributed by atoms with van der Waals surface area (Å²) in [4.78, 5) is 2.40. The summed E-state index contributed by atoms with van der Waals surface area (Å²) in [5.74, 6) is 0.629. The van der Waals surface area contributed by atoms with Crippen LogP contribution in [0.25, 0.3) is 0 Å². The molecule has 0 aromatic heterocycles. The van der Waals surface area contributed by atoms with Crippen LogP contribution in [0.5, 0.6) is 0 Å². The maximum Gasteiger partial charge on any atom is 0.0622 e. The Hall–Kier alpha value is -0.590. The first-order chi connectivity index (χ1) is 6.33. The van der Waals surface area contributed by atoms with Gasteiger partial charge in [0.1, 0.15) is 0 Å². The Morgan fingerprint density at radius 1 is 1.62 bits per heavy atom. The summed E-state index contributed by atoms with van der Waals surface area (Å²) in [6, 6.07) is 2.18. The number of unbranched alkanes of at least 4 members (excludes halogenated alkanes) is 1. The van der Waals surface area contributed by atoms with Gasteiger partial charge in [0.25, 0.3) is 0 Å². The second kappa shape index (κ2) is 5.95. The summed E-state index contributed by atoms with van der Waals surface area (Å²) in [6.07, 6.45) is 1.66. The summed E-state index contributed by atoms with van der Waals surface area (Å²) in [7, 11) is 0. The molecule has 1 atom stereocenters. The van der Waals surface area contributed by atoms with E-state index in [2.05, 4.69) is 17.9 Å². The van der Waals surface area contributed by atoms with E-state index in [4.69, 9.17) is 10.00 Å². The Kier molecular flexibility index (Phi) is 4.81. The molecule has 0 aliphatic carbocycles. The van der Waals surface area contributed by atoms with Crippen LogP contribution in [0, 0.1) is 17.2 Å². The zero-order chi connectivity index (χ0) is 9.52. The molecule has 13 heavy (non-hydrogen) atoms. The van der Waals surface area contributed by atoms with Crippen LogP contribution in [0.3, 0.4) is 0 Å². The maximum absolute atomic E-state index is 8.41. The van der Waals surface area contributed by atoms with E-state index in [1.54, 1.807) is 0 Å². The van der Waals surface area contributed by atoms with Crippen molar-refractivity contribution in [3.63, 3.8) is 0 Å². The summed E-state index contributed by atoms with van der Waals surface area (Å²) < 4.78 is 5.44. The monoisotopic (exact) mass is 182 g/mol. The molecule has 3 nitrogen and oxygen atoms in total. The average molecular weight is 182 g/mol. The first-order valence-electron chi connectivity index (χ1n) is 5.00. The Morgan fingerprint density at radius 2 is 2.46 bits per heavy atom. The minimum Gasteiger partial charge on any atom is -0.380 e. The fourth-order valence-corrected chi connectivity index (χ4v) is 1.65. The lowest BCUT2D eigenvalue weighted by Gasteiger charge is -2.20. The topological polar surface area (TPSA) is 36.3 Å². The van der Waals surface area contributed by atoms with Gasteiger partial charge in [-0.2, -0.15) is 5.26 Å². The largest absolute Gasteiger partial charge is 0.380 e. The van der Waals surface area contributed by atoms with Crippen molar-refractivity contribution >= 4 is 0 Å². The van der Waals surface area contributed by atoms with E-state index in [0.717, 1.165) is 39.3 Å². The predicted octanol–water partition coefficient (Wildman–Crippen LogP) is 1.26. The fourth-order valence-electron chi connectivity index (χ4n) is 1.65. The van der Waals surface area contributed by atoms with E-state index in [-0.39, 0.29) is 0 Å². The van der Waals surface area contributed by atoms with Gasteiger partial charge in [0, 0.05) is 19.5 Å². The minimum atomic E-state index is 0.629. The van der Waals surface area contributed by atoms with Crippen molar-refractivity contribution in [2.45, 2.75) is 19.8 Å². The summed E-state index contributed by atoms with van der Waals surface area (Å²) in [6.45, 7) is 7.12. The number of hydrogen-bond donors (Lipinski definition) is 0. The number of nitrogens with zero attached hydrogens (tertiary/aromatic N) is 2. The standard InChI is InChI=1S/C10H18N2O/c1-10-8-12(5-3-2-4-11)6-7-13-9-10/h10H,2-3,5-9H2,1H3. The van der Waals surface area contributed by atoms with Crippen LogP contribution < -0.4 is 0 Å². The molecule has 1 heterocycles. The molecule has 0 aromatic carbocycles. The van der Waals surface area contributed by atoms with E-state index >= 15 is 0 Å². The van der Waals surface area contributed by atoms with Crippen molar-refractivity contribution in [2.75, 3.05) is 32.8 Å². The predicted molar refractivity (Wildman–Crippen MR) is 51.3 cm³/mol. The Morgan fingerprint density at radius 3 is 3.23 bits per heavy atom. The summed E-state index contributed by atoms with van der Waals surface area (Å²) in [5.41, 5.74) is 0. The van der Waals surface area contributed by atoms with Gasteiger partial charge in [-0.05, 0) is 18.9 Å². The first kappa shape index (κ1) is 10.5. The molecule has 0 radical (unpaired) electrons. The van der Waals surface area contributed by atoms with Crippen LogP contribution in [0.15, 0.2) is 0 Å². The molecule has 0 amide bonds. The van der Waals surface area contributed by atoms with Gasteiger partial charge in [0.2, 0.25) is 0 Å². The number of nitriles is 1. The van der Waals surface area contributed by atoms with E-state index in [0.29, 0.717) is 12.3 Å².